The van der Waals surface area contributed by atoms with Crippen molar-refractivity contribution in [1.82, 2.24) is 0 Å². The van der Waals surface area contributed by atoms with Crippen LogP contribution < -0.4 is 0 Å². The maximum atomic E-state index is 12.1. The lowest BCUT2D eigenvalue weighted by atomic mass is 10.1. The fourth-order valence-electron chi connectivity index (χ4n) is 1.19. The van der Waals surface area contributed by atoms with E-state index in [9.17, 15) is 31.7 Å². The molecule has 0 fully saturated rings. The molecule has 0 radical (unpaired) electrons. The zero-order valence-electron chi connectivity index (χ0n) is 9.42. The molecule has 1 aromatic carbocycles. The molecule has 6 nitrogen and oxygen atoms in total. The first-order valence-corrected chi connectivity index (χ1v) is 6.19. The van der Waals surface area contributed by atoms with Gasteiger partial charge in [-0.1, -0.05) is 12.1 Å². The van der Waals surface area contributed by atoms with Gasteiger partial charge in [-0.2, -0.15) is 21.6 Å². The molecule has 1 atom stereocenters. The number of nitro groups is 1. The Morgan fingerprint density at radius 3 is 2.42 bits per heavy atom. The molecular formula is C9H8F3NO5S. The molecule has 0 amide bonds. The highest BCUT2D eigenvalue weighted by Gasteiger charge is 2.48. The maximum absolute atomic E-state index is 12.1. The molecule has 0 bridgehead atoms. The summed E-state index contributed by atoms with van der Waals surface area (Å²) in [5.41, 5.74) is -5.97. The Morgan fingerprint density at radius 2 is 1.95 bits per heavy atom. The Bertz CT molecular complexity index is 584. The molecule has 19 heavy (non-hydrogen) atoms. The van der Waals surface area contributed by atoms with Gasteiger partial charge in [0.1, 0.15) is 0 Å². The minimum absolute atomic E-state index is 0.0537. The Hall–Kier alpha value is -1.68. The largest absolute Gasteiger partial charge is 0.523 e. The van der Waals surface area contributed by atoms with E-state index in [0.717, 1.165) is 19.1 Å². The average molecular weight is 299 g/mol. The Balaban J connectivity index is 3.00. The van der Waals surface area contributed by atoms with Gasteiger partial charge in [0.05, 0.1) is 11.0 Å². The summed E-state index contributed by atoms with van der Waals surface area (Å²) in [6.45, 7) is 1.04. The lowest BCUT2D eigenvalue weighted by Crippen LogP contribution is -2.26. The van der Waals surface area contributed by atoms with Crippen LogP contribution in [0, 0.1) is 10.1 Å². The number of rotatable bonds is 4. The summed E-state index contributed by atoms with van der Waals surface area (Å²) in [6, 6.07) is 4.50. The molecule has 0 saturated heterocycles. The van der Waals surface area contributed by atoms with Gasteiger partial charge in [-0.15, -0.1) is 0 Å². The summed E-state index contributed by atoms with van der Waals surface area (Å²) >= 11 is 0. The average Bonchev–Trinajstić information content (AvgIpc) is 2.27. The lowest BCUT2D eigenvalue weighted by molar-refractivity contribution is -0.385. The number of nitrogens with zero attached hydrogens (tertiary/aromatic N) is 1. The summed E-state index contributed by atoms with van der Waals surface area (Å²) in [5.74, 6) is 0. The number of nitro benzene ring substituents is 1. The van der Waals surface area contributed by atoms with E-state index in [2.05, 4.69) is 4.18 Å². The number of hydrogen-bond donors (Lipinski definition) is 0. The molecule has 1 rings (SSSR count). The molecule has 0 aliphatic heterocycles. The van der Waals surface area contributed by atoms with E-state index >= 15 is 0 Å². The first-order chi connectivity index (χ1) is 8.54. The van der Waals surface area contributed by atoms with E-state index in [1.165, 1.54) is 12.1 Å². The summed E-state index contributed by atoms with van der Waals surface area (Å²) in [6.07, 6.45) is -1.49. The van der Waals surface area contributed by atoms with Crippen molar-refractivity contribution >= 4 is 15.8 Å². The third kappa shape index (κ3) is 3.64. The Labute approximate surface area is 106 Å². The van der Waals surface area contributed by atoms with Crippen LogP contribution in [0.25, 0.3) is 0 Å². The van der Waals surface area contributed by atoms with Crippen molar-refractivity contribution in [2.45, 2.75) is 18.5 Å². The molecule has 0 spiro atoms. The van der Waals surface area contributed by atoms with Crippen LogP contribution in [0.15, 0.2) is 24.3 Å². The van der Waals surface area contributed by atoms with Gasteiger partial charge < -0.3 is 0 Å². The third-order valence-corrected chi connectivity index (χ3v) is 3.21. The SMILES string of the molecule is CC(OS(=O)(=O)C(F)(F)F)c1cccc([N+](=O)[O-])c1. The monoisotopic (exact) mass is 299 g/mol. The van der Waals surface area contributed by atoms with Crippen molar-refractivity contribution in [3.8, 4) is 0 Å². The highest BCUT2D eigenvalue weighted by atomic mass is 32.2. The summed E-state index contributed by atoms with van der Waals surface area (Å²) in [5, 5.41) is 10.5. The van der Waals surface area contributed by atoms with E-state index in [1.54, 1.807) is 0 Å². The molecule has 0 N–H and O–H groups in total. The Morgan fingerprint density at radius 1 is 1.37 bits per heavy atom. The van der Waals surface area contributed by atoms with E-state index in [4.69, 9.17) is 0 Å². The van der Waals surface area contributed by atoms with E-state index in [-0.39, 0.29) is 11.3 Å². The minimum Gasteiger partial charge on any atom is -0.258 e. The number of alkyl halides is 3. The first-order valence-electron chi connectivity index (χ1n) is 4.78. The van der Waals surface area contributed by atoms with Crippen molar-refractivity contribution in [2.75, 3.05) is 0 Å². The lowest BCUT2D eigenvalue weighted by Gasteiger charge is -2.14. The van der Waals surface area contributed by atoms with Crippen LogP contribution in [0.5, 0.6) is 0 Å². The minimum atomic E-state index is -5.75. The summed E-state index contributed by atoms with van der Waals surface area (Å²) in [4.78, 5) is 9.73. The van der Waals surface area contributed by atoms with Gasteiger partial charge >= 0.3 is 15.6 Å². The fourth-order valence-corrected chi connectivity index (χ4v) is 1.79. The van der Waals surface area contributed by atoms with E-state index < -0.39 is 26.7 Å². The summed E-state index contributed by atoms with van der Waals surface area (Å²) in [7, 11) is -5.75. The summed E-state index contributed by atoms with van der Waals surface area (Å²) < 4.78 is 61.8. The number of non-ortho nitro benzene ring substituents is 1. The van der Waals surface area contributed by atoms with Gasteiger partial charge in [0.15, 0.2) is 0 Å². The predicted molar refractivity (Wildman–Crippen MR) is 57.6 cm³/mol. The van der Waals surface area contributed by atoms with Crippen LogP contribution in [0.4, 0.5) is 18.9 Å². The standard InChI is InChI=1S/C9H8F3NO5S/c1-6(18-19(16,17)9(10,11)12)7-3-2-4-8(5-7)13(14)15/h2-6H,1H3. The van der Waals surface area contributed by atoms with Gasteiger partial charge in [-0.3, -0.25) is 14.3 Å². The number of hydrogen-bond acceptors (Lipinski definition) is 5. The molecule has 1 unspecified atom stereocenters. The van der Waals surface area contributed by atoms with Crippen LogP contribution in [-0.4, -0.2) is 18.8 Å². The van der Waals surface area contributed by atoms with Crippen LogP contribution in [0.1, 0.15) is 18.6 Å². The molecule has 0 aliphatic carbocycles. The topological polar surface area (TPSA) is 86.5 Å². The second kappa shape index (κ2) is 5.13. The van der Waals surface area contributed by atoms with Crippen LogP contribution in [0.2, 0.25) is 0 Å². The number of halogens is 3. The number of benzene rings is 1. The second-order valence-corrected chi connectivity index (χ2v) is 5.05. The smallest absolute Gasteiger partial charge is 0.258 e. The van der Waals surface area contributed by atoms with Crippen molar-refractivity contribution < 1.29 is 30.7 Å². The molecule has 0 heterocycles. The van der Waals surface area contributed by atoms with Crippen LogP contribution in [-0.2, 0) is 14.3 Å². The molecular weight excluding hydrogens is 291 g/mol. The van der Waals surface area contributed by atoms with Crippen LogP contribution >= 0.6 is 0 Å². The molecule has 0 aromatic heterocycles. The first kappa shape index (κ1) is 15.4. The Kier molecular flexibility index (Phi) is 4.15. The molecule has 1 aromatic rings. The highest BCUT2D eigenvalue weighted by Crippen LogP contribution is 2.30. The zero-order chi connectivity index (χ0) is 14.8. The van der Waals surface area contributed by atoms with Crippen molar-refractivity contribution in [3.63, 3.8) is 0 Å². The van der Waals surface area contributed by atoms with E-state index in [0.29, 0.717) is 0 Å². The van der Waals surface area contributed by atoms with Gasteiger partial charge in [0, 0.05) is 12.1 Å². The van der Waals surface area contributed by atoms with E-state index in [1.807, 2.05) is 0 Å². The second-order valence-electron chi connectivity index (χ2n) is 3.49. The van der Waals surface area contributed by atoms with Crippen molar-refractivity contribution in [1.29, 1.82) is 0 Å². The van der Waals surface area contributed by atoms with Gasteiger partial charge in [0.2, 0.25) is 0 Å². The fraction of sp³-hybridized carbons (Fsp3) is 0.333. The van der Waals surface area contributed by atoms with Crippen molar-refractivity contribution in [3.05, 3.63) is 39.9 Å². The molecule has 0 saturated carbocycles. The normalized spacial score (nSPS) is 14.1. The zero-order valence-corrected chi connectivity index (χ0v) is 10.2. The van der Waals surface area contributed by atoms with Gasteiger partial charge in [-0.05, 0) is 12.5 Å². The quantitative estimate of drug-likeness (QED) is 0.369. The predicted octanol–water partition coefficient (Wildman–Crippen LogP) is 2.52. The van der Waals surface area contributed by atoms with Crippen LogP contribution in [0.3, 0.4) is 0 Å². The third-order valence-electron chi connectivity index (χ3n) is 2.10. The van der Waals surface area contributed by atoms with Gasteiger partial charge in [-0.25, -0.2) is 0 Å². The maximum Gasteiger partial charge on any atom is 0.523 e. The molecule has 10 heteroatoms. The van der Waals surface area contributed by atoms with Gasteiger partial charge in [0.25, 0.3) is 5.69 Å². The highest BCUT2D eigenvalue weighted by molar-refractivity contribution is 7.87. The molecule has 106 valence electrons. The van der Waals surface area contributed by atoms with Crippen molar-refractivity contribution in [2.24, 2.45) is 0 Å². The molecule has 0 aliphatic rings.